The monoisotopic (exact) mass is 814 g/mol. The Balaban J connectivity index is 2.20. The average Bonchev–Trinajstić information content (AvgIpc) is 3.21. The Kier molecular flexibility index (Phi) is 37.4. The third kappa shape index (κ3) is 30.0. The highest BCUT2D eigenvalue weighted by molar-refractivity contribution is 5.76. The van der Waals surface area contributed by atoms with Crippen LogP contribution in [0.4, 0.5) is 4.39 Å². The Hall–Kier alpha value is -0.800. The smallest absolute Gasteiger partial charge is 0.220 e. The fourth-order valence-corrected chi connectivity index (χ4v) is 8.65. The molecule has 1 fully saturated rings. The SMILES string of the molecule is CCCCCCCCCCCCCCCCCCCCCCCCCC(=O)N[C@H](CC1O[C@H](CO)[C@H](O)[C@H](O)[C@H]1O)[C@H](F)CCCCCCCCCCCCCC. The summed E-state index contributed by atoms with van der Waals surface area (Å²) in [7, 11) is 0. The van der Waals surface area contributed by atoms with Crippen LogP contribution in [-0.4, -0.2) is 75.7 Å². The van der Waals surface area contributed by atoms with Gasteiger partial charge in [0.25, 0.3) is 0 Å². The van der Waals surface area contributed by atoms with Crippen molar-refractivity contribution in [2.45, 2.75) is 301 Å². The van der Waals surface area contributed by atoms with Gasteiger partial charge in [0, 0.05) is 6.42 Å². The lowest BCUT2D eigenvalue weighted by atomic mass is 9.89. The molecular formula is C49H96FNO6. The quantitative estimate of drug-likeness (QED) is 0.0392. The number of ether oxygens (including phenoxy) is 1. The van der Waals surface area contributed by atoms with Crippen LogP contribution in [-0.2, 0) is 9.53 Å². The summed E-state index contributed by atoms with van der Waals surface area (Å²) in [6.45, 7) is 4.00. The van der Waals surface area contributed by atoms with Crippen molar-refractivity contribution in [3.8, 4) is 0 Å². The van der Waals surface area contributed by atoms with Crippen molar-refractivity contribution in [2.75, 3.05) is 6.61 Å². The van der Waals surface area contributed by atoms with Gasteiger partial charge in [0.2, 0.25) is 5.91 Å². The number of rotatable bonds is 42. The number of amides is 1. The van der Waals surface area contributed by atoms with Gasteiger partial charge in [-0.1, -0.05) is 232 Å². The molecule has 1 amide bonds. The molecule has 5 N–H and O–H groups in total. The van der Waals surface area contributed by atoms with Gasteiger partial charge in [0.15, 0.2) is 0 Å². The van der Waals surface area contributed by atoms with Crippen LogP contribution in [0.25, 0.3) is 0 Å². The van der Waals surface area contributed by atoms with Crippen molar-refractivity contribution in [3.63, 3.8) is 0 Å². The zero-order chi connectivity index (χ0) is 41.6. The van der Waals surface area contributed by atoms with E-state index in [4.69, 9.17) is 4.74 Å². The van der Waals surface area contributed by atoms with E-state index in [2.05, 4.69) is 19.2 Å². The van der Waals surface area contributed by atoms with Gasteiger partial charge in [-0.3, -0.25) is 4.79 Å². The minimum absolute atomic E-state index is 0.0357. The lowest BCUT2D eigenvalue weighted by Crippen LogP contribution is -2.60. The van der Waals surface area contributed by atoms with Gasteiger partial charge in [-0.05, 0) is 19.3 Å². The third-order valence-corrected chi connectivity index (χ3v) is 12.6. The number of carbonyl (C=O) groups excluding carboxylic acids is 1. The van der Waals surface area contributed by atoms with Crippen molar-refractivity contribution in [2.24, 2.45) is 0 Å². The van der Waals surface area contributed by atoms with E-state index in [0.29, 0.717) is 12.8 Å². The lowest BCUT2D eigenvalue weighted by Gasteiger charge is -2.41. The first kappa shape index (κ1) is 54.2. The number of aliphatic hydroxyl groups excluding tert-OH is 4. The van der Waals surface area contributed by atoms with Gasteiger partial charge in [-0.15, -0.1) is 0 Å². The van der Waals surface area contributed by atoms with Gasteiger partial charge < -0.3 is 30.5 Å². The van der Waals surface area contributed by atoms with Gasteiger partial charge in [-0.25, -0.2) is 4.39 Å². The lowest BCUT2D eigenvalue weighted by molar-refractivity contribution is -0.232. The van der Waals surface area contributed by atoms with Crippen LogP contribution < -0.4 is 5.32 Å². The summed E-state index contributed by atoms with van der Waals surface area (Å²) in [5.41, 5.74) is 0. The standard InChI is InChI=1S/C49H96FNO6/c1-3-5-7-9-11-13-15-17-18-19-20-21-22-23-24-25-26-27-29-31-33-35-37-39-46(53)51-43(40-44-47(54)49(56)48(55)45(41-52)57-44)42(50)38-36-34-32-30-28-16-14-12-10-8-6-4-2/h42-45,47-49,52,54-56H,3-41H2,1-2H3,(H,51,53)/t42-,43-,44?,45-,47+,48+,49-/m1/s1. The van der Waals surface area contributed by atoms with Gasteiger partial charge >= 0.3 is 0 Å². The summed E-state index contributed by atoms with van der Waals surface area (Å²) >= 11 is 0. The number of aliphatic hydroxyl groups is 4. The molecule has 0 aromatic heterocycles. The number of carbonyl (C=O) groups is 1. The molecule has 0 saturated carbocycles. The number of nitrogens with one attached hydrogen (secondary N) is 1. The zero-order valence-electron chi connectivity index (χ0n) is 37.6. The molecule has 7 atom stereocenters. The maximum absolute atomic E-state index is 15.8. The van der Waals surface area contributed by atoms with Crippen LogP contribution >= 0.6 is 0 Å². The van der Waals surface area contributed by atoms with Crippen molar-refractivity contribution in [1.29, 1.82) is 0 Å². The van der Waals surface area contributed by atoms with E-state index < -0.39 is 49.3 Å². The number of halogens is 1. The van der Waals surface area contributed by atoms with Crippen LogP contribution in [0, 0.1) is 0 Å². The van der Waals surface area contributed by atoms with E-state index in [1.807, 2.05) is 0 Å². The molecule has 1 saturated heterocycles. The normalized spacial score (nSPS) is 20.9. The molecule has 0 spiro atoms. The van der Waals surface area contributed by atoms with Crippen LogP contribution in [0.1, 0.15) is 258 Å². The number of hydrogen-bond acceptors (Lipinski definition) is 6. The molecule has 1 rings (SSSR count). The minimum Gasteiger partial charge on any atom is -0.394 e. The van der Waals surface area contributed by atoms with E-state index in [0.717, 1.165) is 44.9 Å². The first-order chi connectivity index (χ1) is 27.8. The van der Waals surface area contributed by atoms with Gasteiger partial charge in [0.1, 0.15) is 30.6 Å². The summed E-state index contributed by atoms with van der Waals surface area (Å²) in [6, 6.07) is -0.879. The van der Waals surface area contributed by atoms with Crippen molar-refractivity contribution < 1.29 is 34.3 Å². The maximum atomic E-state index is 15.8. The fourth-order valence-electron chi connectivity index (χ4n) is 8.65. The first-order valence-corrected chi connectivity index (χ1v) is 25.1. The topological polar surface area (TPSA) is 119 Å². The second-order valence-corrected chi connectivity index (χ2v) is 18.0. The summed E-state index contributed by atoms with van der Waals surface area (Å²) in [5, 5.41) is 43.6. The van der Waals surface area contributed by atoms with E-state index in [-0.39, 0.29) is 12.3 Å². The molecule has 7 nitrogen and oxygen atoms in total. The molecular weight excluding hydrogens is 718 g/mol. The maximum Gasteiger partial charge on any atom is 0.220 e. The van der Waals surface area contributed by atoms with Crippen LogP contribution in [0.5, 0.6) is 0 Å². The molecule has 1 unspecified atom stereocenters. The second-order valence-electron chi connectivity index (χ2n) is 18.0. The minimum atomic E-state index is -1.51. The summed E-state index contributed by atoms with van der Waals surface area (Å²) < 4.78 is 21.4. The predicted octanol–water partition coefficient (Wildman–Crippen LogP) is 12.5. The highest BCUT2D eigenvalue weighted by atomic mass is 19.1. The Labute approximate surface area is 351 Å². The van der Waals surface area contributed by atoms with Crippen LogP contribution in [0.3, 0.4) is 0 Å². The van der Waals surface area contributed by atoms with Crippen LogP contribution in [0.2, 0.25) is 0 Å². The third-order valence-electron chi connectivity index (χ3n) is 12.6. The van der Waals surface area contributed by atoms with Crippen molar-refractivity contribution >= 4 is 5.91 Å². The molecule has 0 radical (unpaired) electrons. The number of alkyl halides is 1. The van der Waals surface area contributed by atoms with Crippen molar-refractivity contribution in [1.82, 2.24) is 5.32 Å². The highest BCUT2D eigenvalue weighted by Gasteiger charge is 2.44. The predicted molar refractivity (Wildman–Crippen MR) is 237 cm³/mol. The molecule has 0 aliphatic carbocycles. The molecule has 0 aromatic rings. The van der Waals surface area contributed by atoms with Gasteiger partial charge in [-0.2, -0.15) is 0 Å². The zero-order valence-corrected chi connectivity index (χ0v) is 37.6. The summed E-state index contributed by atoms with van der Waals surface area (Å²) in [5.74, 6) is -0.203. The molecule has 0 aromatic carbocycles. The van der Waals surface area contributed by atoms with E-state index in [1.165, 1.54) is 180 Å². The Bertz CT molecular complexity index is 864. The Morgan fingerprint density at radius 1 is 0.491 bits per heavy atom. The average molecular weight is 814 g/mol. The molecule has 57 heavy (non-hydrogen) atoms. The summed E-state index contributed by atoms with van der Waals surface area (Å²) in [6.07, 6.45) is 37.5. The van der Waals surface area contributed by atoms with Crippen LogP contribution in [0.15, 0.2) is 0 Å². The number of hydrogen-bond donors (Lipinski definition) is 5. The molecule has 340 valence electrons. The number of unbranched alkanes of at least 4 members (excludes halogenated alkanes) is 33. The van der Waals surface area contributed by atoms with Gasteiger partial charge in [0.05, 0.1) is 18.8 Å². The first-order valence-electron chi connectivity index (χ1n) is 25.1. The molecule has 1 aliphatic rings. The fraction of sp³-hybridized carbons (Fsp3) is 0.980. The second kappa shape index (κ2) is 39.3. The molecule has 8 heteroatoms. The largest absolute Gasteiger partial charge is 0.394 e. The Morgan fingerprint density at radius 2 is 0.807 bits per heavy atom. The molecule has 1 aliphatic heterocycles. The van der Waals surface area contributed by atoms with E-state index in [1.54, 1.807) is 0 Å². The summed E-state index contributed by atoms with van der Waals surface area (Å²) in [4.78, 5) is 13.0. The van der Waals surface area contributed by atoms with E-state index >= 15 is 4.39 Å². The molecule has 1 heterocycles. The molecule has 0 bridgehead atoms. The highest BCUT2D eigenvalue weighted by Crippen LogP contribution is 2.27. The Morgan fingerprint density at radius 3 is 1.16 bits per heavy atom. The van der Waals surface area contributed by atoms with Crippen molar-refractivity contribution in [3.05, 3.63) is 0 Å². The van der Waals surface area contributed by atoms with E-state index in [9.17, 15) is 25.2 Å².